The van der Waals surface area contributed by atoms with Crippen LogP contribution in [0.15, 0.2) is 35.9 Å². The molecule has 1 aromatic heterocycles. The van der Waals surface area contributed by atoms with Crippen molar-refractivity contribution in [1.29, 1.82) is 0 Å². The van der Waals surface area contributed by atoms with Crippen molar-refractivity contribution >= 4 is 5.84 Å². The minimum atomic E-state index is -1.10. The van der Waals surface area contributed by atoms with Crippen LogP contribution >= 0.6 is 0 Å². The van der Waals surface area contributed by atoms with Gasteiger partial charge in [0.15, 0.2) is 0 Å². The molecule has 1 aliphatic heterocycles. The maximum atomic E-state index is 5.94. The number of nitrogens with one attached hydrogen (secondary N) is 1. The highest BCUT2D eigenvalue weighted by atomic mass is 15.3. The van der Waals surface area contributed by atoms with E-state index < -0.39 is 5.79 Å². The number of hydrogen-bond acceptors (Lipinski definition) is 6. The molecule has 0 radical (unpaired) electrons. The van der Waals surface area contributed by atoms with Crippen molar-refractivity contribution in [3.8, 4) is 0 Å². The number of rotatable bonds is 1. The van der Waals surface area contributed by atoms with Crippen LogP contribution in [0.2, 0.25) is 0 Å². The van der Waals surface area contributed by atoms with Gasteiger partial charge >= 0.3 is 0 Å². The third-order valence-electron chi connectivity index (χ3n) is 1.82. The van der Waals surface area contributed by atoms with Crippen molar-refractivity contribution < 1.29 is 0 Å². The van der Waals surface area contributed by atoms with Gasteiger partial charge in [0.05, 0.1) is 6.20 Å². The van der Waals surface area contributed by atoms with Crippen LogP contribution in [0.3, 0.4) is 0 Å². The number of aromatic nitrogens is 2. The molecule has 0 bridgehead atoms. The van der Waals surface area contributed by atoms with Gasteiger partial charge in [0, 0.05) is 18.6 Å². The largest absolute Gasteiger partial charge is 0.384 e. The third kappa shape index (κ3) is 1.42. The first kappa shape index (κ1) is 8.64. The molecule has 0 aromatic carbocycles. The number of hydrogen-bond donors (Lipinski definition) is 3. The lowest BCUT2D eigenvalue weighted by Crippen LogP contribution is -2.50. The van der Waals surface area contributed by atoms with E-state index in [1.54, 1.807) is 30.9 Å². The summed E-state index contributed by atoms with van der Waals surface area (Å²) in [5.41, 5.74) is 12.0. The maximum absolute atomic E-state index is 5.94. The summed E-state index contributed by atoms with van der Waals surface area (Å²) < 4.78 is 0. The summed E-state index contributed by atoms with van der Waals surface area (Å²) in [6.45, 7) is 0. The van der Waals surface area contributed by atoms with Gasteiger partial charge < -0.3 is 11.1 Å². The molecule has 72 valence electrons. The molecule has 0 saturated carbocycles. The smallest absolute Gasteiger partial charge is 0.229 e. The Kier molecular flexibility index (Phi) is 1.90. The van der Waals surface area contributed by atoms with E-state index >= 15 is 0 Å². The van der Waals surface area contributed by atoms with Crippen molar-refractivity contribution in [3.63, 3.8) is 0 Å². The highest BCUT2D eigenvalue weighted by molar-refractivity contribution is 5.92. The van der Waals surface area contributed by atoms with Crippen LogP contribution in [0, 0.1) is 0 Å². The predicted octanol–water partition coefficient (Wildman–Crippen LogP) is -0.980. The van der Waals surface area contributed by atoms with E-state index in [9.17, 15) is 0 Å². The summed E-state index contributed by atoms with van der Waals surface area (Å²) in [6, 6.07) is 0. The Hall–Kier alpha value is -1.95. The van der Waals surface area contributed by atoms with Gasteiger partial charge in [-0.05, 0) is 6.08 Å². The van der Waals surface area contributed by atoms with Gasteiger partial charge in [-0.2, -0.15) is 0 Å². The zero-order chi connectivity index (χ0) is 10.0. The standard InChI is InChI=1S/C8H10N6/c9-7-1-2-13-8(10,14-7)6-5-11-3-4-12-6/h1-5,13H,10H2,(H2,9,14). The van der Waals surface area contributed by atoms with E-state index in [-0.39, 0.29) is 0 Å². The molecule has 1 aliphatic rings. The van der Waals surface area contributed by atoms with Gasteiger partial charge in [-0.3, -0.25) is 15.7 Å². The zero-order valence-corrected chi connectivity index (χ0v) is 7.38. The molecule has 0 fully saturated rings. The first-order valence-corrected chi connectivity index (χ1v) is 4.06. The van der Waals surface area contributed by atoms with Crippen LogP contribution in [0.4, 0.5) is 0 Å². The van der Waals surface area contributed by atoms with Gasteiger partial charge in [0.1, 0.15) is 11.5 Å². The Labute approximate surface area is 80.8 Å². The second-order valence-electron chi connectivity index (χ2n) is 2.87. The average molecular weight is 190 g/mol. The molecule has 0 amide bonds. The van der Waals surface area contributed by atoms with Gasteiger partial charge in [-0.15, -0.1) is 0 Å². The lowest BCUT2D eigenvalue weighted by Gasteiger charge is -2.26. The summed E-state index contributed by atoms with van der Waals surface area (Å²) in [7, 11) is 0. The molecule has 5 N–H and O–H groups in total. The average Bonchev–Trinajstić information content (AvgIpc) is 2.19. The molecule has 1 atom stereocenters. The van der Waals surface area contributed by atoms with Crippen LogP contribution in [0.5, 0.6) is 0 Å². The summed E-state index contributed by atoms with van der Waals surface area (Å²) >= 11 is 0. The third-order valence-corrected chi connectivity index (χ3v) is 1.82. The lowest BCUT2D eigenvalue weighted by atomic mass is 10.2. The summed E-state index contributed by atoms with van der Waals surface area (Å²) in [6.07, 6.45) is 7.93. The topological polar surface area (TPSA) is 102 Å². The van der Waals surface area contributed by atoms with Gasteiger partial charge in [-0.1, -0.05) is 0 Å². The fraction of sp³-hybridized carbons (Fsp3) is 0.125. The van der Waals surface area contributed by atoms with Crippen molar-refractivity contribution in [1.82, 2.24) is 15.3 Å². The number of nitrogens with zero attached hydrogens (tertiary/aromatic N) is 3. The monoisotopic (exact) mass is 190 g/mol. The minimum Gasteiger partial charge on any atom is -0.384 e. The summed E-state index contributed by atoms with van der Waals surface area (Å²) in [5, 5.41) is 2.87. The van der Waals surface area contributed by atoms with Crippen LogP contribution in [-0.4, -0.2) is 15.8 Å². The van der Waals surface area contributed by atoms with Crippen molar-refractivity contribution in [2.24, 2.45) is 16.5 Å². The molecular weight excluding hydrogens is 180 g/mol. The van der Waals surface area contributed by atoms with E-state index in [0.717, 1.165) is 0 Å². The van der Waals surface area contributed by atoms with E-state index in [4.69, 9.17) is 11.5 Å². The maximum Gasteiger partial charge on any atom is 0.229 e. The highest BCUT2D eigenvalue weighted by Crippen LogP contribution is 2.15. The summed E-state index contributed by atoms with van der Waals surface area (Å²) in [4.78, 5) is 12.0. The second-order valence-corrected chi connectivity index (χ2v) is 2.87. The molecule has 14 heavy (non-hydrogen) atoms. The molecule has 0 spiro atoms. The Morgan fingerprint density at radius 1 is 1.36 bits per heavy atom. The predicted molar refractivity (Wildman–Crippen MR) is 51.8 cm³/mol. The minimum absolute atomic E-state index is 0.358. The van der Waals surface area contributed by atoms with E-state index in [2.05, 4.69) is 20.3 Å². The second kappa shape index (κ2) is 3.08. The quantitative estimate of drug-likeness (QED) is 0.528. The molecule has 6 nitrogen and oxygen atoms in total. The van der Waals surface area contributed by atoms with Gasteiger partial charge in [-0.25, -0.2) is 4.99 Å². The van der Waals surface area contributed by atoms with Crippen LogP contribution in [0.25, 0.3) is 0 Å². The Bertz CT molecular complexity index is 384. The Morgan fingerprint density at radius 2 is 2.21 bits per heavy atom. The first-order chi connectivity index (χ1) is 6.71. The Balaban J connectivity index is 2.39. The summed E-state index contributed by atoms with van der Waals surface area (Å²) in [5.74, 6) is -0.746. The van der Waals surface area contributed by atoms with Gasteiger partial charge in [0.25, 0.3) is 0 Å². The molecular formula is C8H10N6. The van der Waals surface area contributed by atoms with E-state index in [1.807, 2.05) is 0 Å². The number of aliphatic imine (C=N–C) groups is 1. The van der Waals surface area contributed by atoms with Crippen LogP contribution in [-0.2, 0) is 5.79 Å². The fourth-order valence-electron chi connectivity index (χ4n) is 1.15. The van der Waals surface area contributed by atoms with E-state index in [0.29, 0.717) is 11.5 Å². The molecule has 6 heteroatoms. The molecule has 0 aliphatic carbocycles. The number of nitrogens with two attached hydrogens (primary N) is 2. The molecule has 2 rings (SSSR count). The highest BCUT2D eigenvalue weighted by Gasteiger charge is 2.28. The molecule has 1 aromatic rings. The Morgan fingerprint density at radius 3 is 2.86 bits per heavy atom. The normalized spacial score (nSPS) is 25.4. The molecule has 1 unspecified atom stereocenters. The number of amidine groups is 1. The zero-order valence-electron chi connectivity index (χ0n) is 7.38. The van der Waals surface area contributed by atoms with Crippen molar-refractivity contribution in [3.05, 3.63) is 36.6 Å². The fourth-order valence-corrected chi connectivity index (χ4v) is 1.15. The van der Waals surface area contributed by atoms with Gasteiger partial charge in [0.2, 0.25) is 5.79 Å². The van der Waals surface area contributed by atoms with Crippen molar-refractivity contribution in [2.75, 3.05) is 0 Å². The van der Waals surface area contributed by atoms with Crippen molar-refractivity contribution in [2.45, 2.75) is 5.79 Å². The van der Waals surface area contributed by atoms with E-state index in [1.165, 1.54) is 0 Å². The SMILES string of the molecule is NC1=NC(N)(c2cnccn2)NC=C1. The van der Waals surface area contributed by atoms with Crippen LogP contribution < -0.4 is 16.8 Å². The molecule has 0 saturated heterocycles. The lowest BCUT2D eigenvalue weighted by molar-refractivity contribution is 0.396. The first-order valence-electron chi connectivity index (χ1n) is 4.06. The molecule has 2 heterocycles. The van der Waals surface area contributed by atoms with Crippen LogP contribution in [0.1, 0.15) is 5.69 Å².